The molecule has 0 saturated heterocycles. The molecule has 0 aliphatic rings. The van der Waals surface area contributed by atoms with Crippen molar-refractivity contribution in [1.82, 2.24) is 0 Å². The van der Waals surface area contributed by atoms with Crippen LogP contribution in [0.2, 0.25) is 0 Å². The molecular weight excluding hydrogens is 184 g/mol. The first kappa shape index (κ1) is 15.9. The third-order valence-electron chi connectivity index (χ3n) is 1.09. The molecule has 1 aromatic heterocycles. The summed E-state index contributed by atoms with van der Waals surface area (Å²) in [5.41, 5.74) is 0. The Bertz CT molecular complexity index is 191. The Morgan fingerprint density at radius 3 is 0.867 bits per heavy atom. The van der Waals surface area contributed by atoms with Gasteiger partial charge in [0.15, 0.2) is 0 Å². The van der Waals surface area contributed by atoms with Crippen LogP contribution in [0.3, 0.4) is 0 Å². The molecule has 0 N–H and O–H groups in total. The van der Waals surface area contributed by atoms with Gasteiger partial charge in [-0.15, -0.1) is 0 Å². The summed E-state index contributed by atoms with van der Waals surface area (Å²) in [6.45, 7) is 8.00. The summed E-state index contributed by atoms with van der Waals surface area (Å²) >= 11 is 0. The van der Waals surface area contributed by atoms with Crippen molar-refractivity contribution >= 4 is 0 Å². The van der Waals surface area contributed by atoms with Gasteiger partial charge in [-0.25, -0.2) is 0 Å². The van der Waals surface area contributed by atoms with Gasteiger partial charge in [-0.3, -0.25) is 0 Å². The van der Waals surface area contributed by atoms with Crippen LogP contribution >= 0.6 is 0 Å². The maximum atomic E-state index is 4.58. The van der Waals surface area contributed by atoms with E-state index >= 15 is 0 Å². The van der Waals surface area contributed by atoms with Gasteiger partial charge < -0.3 is 4.42 Å². The lowest BCUT2D eigenvalue weighted by Crippen LogP contribution is -1.47. The normalized spacial score (nSPS) is 6.67. The van der Waals surface area contributed by atoms with Crippen LogP contribution in [0.1, 0.15) is 27.7 Å². The predicted octanol–water partition coefficient (Wildman–Crippen LogP) is 5.02. The first-order chi connectivity index (χ1) is 7.50. The van der Waals surface area contributed by atoms with Gasteiger partial charge in [-0.1, -0.05) is 64.1 Å². The molecule has 0 radical (unpaired) electrons. The zero-order valence-corrected chi connectivity index (χ0v) is 10.2. The molecule has 2 rings (SSSR count). The van der Waals surface area contributed by atoms with Gasteiger partial charge in [-0.05, 0) is 12.1 Å². The van der Waals surface area contributed by atoms with Crippen molar-refractivity contribution in [3.8, 4) is 0 Å². The van der Waals surface area contributed by atoms with Gasteiger partial charge in [0.05, 0.1) is 12.5 Å². The molecule has 0 fully saturated rings. The number of hydrogen-bond acceptors (Lipinski definition) is 1. The summed E-state index contributed by atoms with van der Waals surface area (Å²) in [4.78, 5) is 0. The van der Waals surface area contributed by atoms with Gasteiger partial charge in [0.25, 0.3) is 0 Å². The largest absolute Gasteiger partial charge is 0.473 e. The minimum absolute atomic E-state index is 1.62. The second-order valence-corrected chi connectivity index (χ2v) is 1.95. The Morgan fingerprint density at radius 2 is 0.733 bits per heavy atom. The zero-order valence-electron chi connectivity index (χ0n) is 10.2. The highest BCUT2D eigenvalue weighted by Crippen LogP contribution is 1.80. The van der Waals surface area contributed by atoms with Crippen LogP contribution in [-0.2, 0) is 0 Å². The van der Waals surface area contributed by atoms with Crippen molar-refractivity contribution in [2.24, 2.45) is 0 Å². The molecule has 0 bridgehead atoms. The van der Waals surface area contributed by atoms with Crippen LogP contribution in [0, 0.1) is 0 Å². The number of rotatable bonds is 0. The third-order valence-corrected chi connectivity index (χ3v) is 1.09. The van der Waals surface area contributed by atoms with E-state index in [0.29, 0.717) is 0 Å². The molecule has 0 amide bonds. The SMILES string of the molecule is CC.CC.c1ccccc1.c1ccoc1. The topological polar surface area (TPSA) is 13.1 Å². The molecule has 1 nitrogen and oxygen atoms in total. The van der Waals surface area contributed by atoms with Crippen LogP contribution in [0.4, 0.5) is 0 Å². The lowest BCUT2D eigenvalue weighted by atomic mass is 10.4. The molecule has 84 valence electrons. The molecule has 0 spiro atoms. The zero-order chi connectivity index (χ0) is 11.8. The van der Waals surface area contributed by atoms with Gasteiger partial charge in [-0.2, -0.15) is 0 Å². The molecule has 1 aromatic carbocycles. The van der Waals surface area contributed by atoms with E-state index in [1.165, 1.54) is 0 Å². The maximum absolute atomic E-state index is 4.58. The molecule has 0 saturated carbocycles. The highest BCUT2D eigenvalue weighted by atomic mass is 16.3. The van der Waals surface area contributed by atoms with Crippen LogP contribution < -0.4 is 0 Å². The number of hydrogen-bond donors (Lipinski definition) is 0. The highest BCUT2D eigenvalue weighted by Gasteiger charge is 1.59. The Labute approximate surface area is 93.8 Å². The van der Waals surface area contributed by atoms with E-state index in [0.717, 1.165) is 0 Å². The molecule has 15 heavy (non-hydrogen) atoms. The van der Waals surface area contributed by atoms with E-state index in [1.807, 2.05) is 76.2 Å². The fourth-order valence-electron chi connectivity index (χ4n) is 0.612. The molecule has 0 aliphatic carbocycles. The van der Waals surface area contributed by atoms with Crippen molar-refractivity contribution in [1.29, 1.82) is 0 Å². The molecular formula is C14H22O. The Hall–Kier alpha value is -1.50. The minimum Gasteiger partial charge on any atom is -0.473 e. The molecule has 0 unspecified atom stereocenters. The van der Waals surface area contributed by atoms with Crippen LogP contribution in [0.5, 0.6) is 0 Å². The predicted molar refractivity (Wildman–Crippen MR) is 67.8 cm³/mol. The van der Waals surface area contributed by atoms with Gasteiger partial charge in [0.1, 0.15) is 0 Å². The summed E-state index contributed by atoms with van der Waals surface area (Å²) in [5.74, 6) is 0. The van der Waals surface area contributed by atoms with Crippen molar-refractivity contribution in [2.45, 2.75) is 27.7 Å². The summed E-state index contributed by atoms with van der Waals surface area (Å²) < 4.78 is 4.58. The molecule has 0 atom stereocenters. The summed E-state index contributed by atoms with van der Waals surface area (Å²) in [6.07, 6.45) is 3.25. The van der Waals surface area contributed by atoms with Crippen LogP contribution in [-0.4, -0.2) is 0 Å². The van der Waals surface area contributed by atoms with Crippen molar-refractivity contribution in [2.75, 3.05) is 0 Å². The first-order valence-corrected chi connectivity index (χ1v) is 5.47. The van der Waals surface area contributed by atoms with E-state index in [4.69, 9.17) is 0 Å². The summed E-state index contributed by atoms with van der Waals surface area (Å²) in [7, 11) is 0. The monoisotopic (exact) mass is 206 g/mol. The molecule has 0 aliphatic heterocycles. The number of benzene rings is 1. The highest BCUT2D eigenvalue weighted by molar-refractivity contribution is 4.99. The molecule has 1 heteroatoms. The van der Waals surface area contributed by atoms with Crippen molar-refractivity contribution in [3.05, 3.63) is 61.1 Å². The average molecular weight is 206 g/mol. The molecule has 1 heterocycles. The van der Waals surface area contributed by atoms with Crippen LogP contribution in [0.25, 0.3) is 0 Å². The van der Waals surface area contributed by atoms with E-state index in [9.17, 15) is 0 Å². The standard InChI is InChI=1S/C6H6.C4H4O.2C2H6/c1-2-4-6-5-3-1;1-2-4-5-3-1;2*1-2/h1-6H;1-4H;2*1-2H3. The second-order valence-electron chi connectivity index (χ2n) is 1.95. The van der Waals surface area contributed by atoms with Crippen molar-refractivity contribution in [3.63, 3.8) is 0 Å². The first-order valence-electron chi connectivity index (χ1n) is 5.47. The molecule has 2 aromatic rings. The lowest BCUT2D eigenvalue weighted by molar-refractivity contribution is 0.567. The van der Waals surface area contributed by atoms with E-state index in [-0.39, 0.29) is 0 Å². The third kappa shape index (κ3) is 15.3. The Morgan fingerprint density at radius 1 is 0.467 bits per heavy atom. The van der Waals surface area contributed by atoms with Crippen LogP contribution in [0.15, 0.2) is 65.5 Å². The maximum Gasteiger partial charge on any atom is 0.0902 e. The van der Waals surface area contributed by atoms with E-state index in [1.54, 1.807) is 12.5 Å². The fourth-order valence-corrected chi connectivity index (χ4v) is 0.612. The quantitative estimate of drug-likeness (QED) is 0.590. The van der Waals surface area contributed by atoms with Crippen molar-refractivity contribution < 1.29 is 4.42 Å². The summed E-state index contributed by atoms with van der Waals surface area (Å²) in [5, 5.41) is 0. The second kappa shape index (κ2) is 18.3. The lowest BCUT2D eigenvalue weighted by Gasteiger charge is -1.69. The van der Waals surface area contributed by atoms with E-state index in [2.05, 4.69) is 4.42 Å². The fraction of sp³-hybridized carbons (Fsp3) is 0.286. The average Bonchev–Trinajstić information content (AvgIpc) is 2.95. The minimum atomic E-state index is 1.62. The Kier molecular flexibility index (Phi) is 19.5. The summed E-state index contributed by atoms with van der Waals surface area (Å²) in [6, 6.07) is 15.7. The van der Waals surface area contributed by atoms with Gasteiger partial charge in [0, 0.05) is 0 Å². The number of furan rings is 1. The van der Waals surface area contributed by atoms with Gasteiger partial charge in [0.2, 0.25) is 0 Å². The smallest absolute Gasteiger partial charge is 0.0902 e. The Balaban J connectivity index is 0. The van der Waals surface area contributed by atoms with E-state index < -0.39 is 0 Å². The van der Waals surface area contributed by atoms with Gasteiger partial charge >= 0.3 is 0 Å².